The topological polar surface area (TPSA) is 98.9 Å². The second-order valence-electron chi connectivity index (χ2n) is 9.84. The molecular weight excluding hydrogens is 506 g/mol. The normalized spacial score (nSPS) is 18.1. The highest BCUT2D eigenvalue weighted by atomic mass is 19.4. The van der Waals surface area contributed by atoms with E-state index < -0.39 is 41.9 Å². The molecule has 0 aromatic heterocycles. The molecule has 1 aromatic rings. The summed E-state index contributed by atoms with van der Waals surface area (Å²) in [4.78, 5) is 21.6. The fourth-order valence-corrected chi connectivity index (χ4v) is 4.60. The Labute approximate surface area is 220 Å². The predicted octanol–water partition coefficient (Wildman–Crippen LogP) is 4.24. The number of halogens is 4. The highest BCUT2D eigenvalue weighted by molar-refractivity contribution is 5.84. The average Bonchev–Trinajstić information content (AvgIpc) is 2.83. The average molecular weight is 542 g/mol. The second-order valence-corrected chi connectivity index (χ2v) is 9.84. The first kappa shape index (κ1) is 31.1. The number of carbonyl (C=O) groups excluding carboxylic acids is 1. The summed E-state index contributed by atoms with van der Waals surface area (Å²) < 4.78 is 61.8. The maximum atomic E-state index is 14.2. The van der Waals surface area contributed by atoms with Crippen molar-refractivity contribution in [3.63, 3.8) is 0 Å². The van der Waals surface area contributed by atoms with Crippen molar-refractivity contribution in [1.82, 2.24) is 10.3 Å². The van der Waals surface area contributed by atoms with Crippen molar-refractivity contribution >= 4 is 25.1 Å². The molecule has 2 N–H and O–H groups in total. The van der Waals surface area contributed by atoms with Crippen LogP contribution in [0.5, 0.6) is 5.75 Å². The monoisotopic (exact) mass is 541 g/mol. The number of piperidine rings is 1. The molecule has 0 aliphatic carbocycles. The summed E-state index contributed by atoms with van der Waals surface area (Å²) in [5, 5.41) is 14.8. The molecule has 1 saturated heterocycles. The van der Waals surface area contributed by atoms with Gasteiger partial charge in [0.1, 0.15) is 17.3 Å². The standard InChI is InChI=1S/C26H35F4N5O3/c1-6-32-20(14-31-4)15-33-34-23(36)18-9-11-35(12-10-18)17-25(37,26(28,29)30)16-24(2,3)21-13-19(27)7-8-22(21)38-5/h6-8,13-15,18,37H,4,9-12,16-17H2,1-3,5H3,(H,34,36)/b20-14-,32-6?,33-15+. The number of hydrazone groups is 1. The van der Waals surface area contributed by atoms with E-state index in [2.05, 4.69) is 27.2 Å². The van der Waals surface area contributed by atoms with Gasteiger partial charge in [-0.05, 0) is 69.6 Å². The molecule has 1 heterocycles. The van der Waals surface area contributed by atoms with Gasteiger partial charge in [0.15, 0.2) is 5.60 Å². The van der Waals surface area contributed by atoms with Crippen LogP contribution in [0.2, 0.25) is 0 Å². The Morgan fingerprint density at radius 1 is 1.29 bits per heavy atom. The lowest BCUT2D eigenvalue weighted by Gasteiger charge is -2.42. The zero-order chi connectivity index (χ0) is 28.6. The van der Waals surface area contributed by atoms with Crippen LogP contribution in [0.15, 0.2) is 45.2 Å². The number of methoxy groups -OCH3 is 1. The minimum absolute atomic E-state index is 0.176. The quantitative estimate of drug-likeness (QED) is 0.249. The summed E-state index contributed by atoms with van der Waals surface area (Å²) in [6.45, 7) is 7.73. The van der Waals surface area contributed by atoms with Crippen LogP contribution in [-0.2, 0) is 10.2 Å². The van der Waals surface area contributed by atoms with Crippen LogP contribution < -0.4 is 10.2 Å². The van der Waals surface area contributed by atoms with Crippen molar-refractivity contribution in [2.75, 3.05) is 26.7 Å². The number of nitrogens with one attached hydrogen (secondary N) is 1. The van der Waals surface area contributed by atoms with E-state index in [0.29, 0.717) is 18.5 Å². The van der Waals surface area contributed by atoms with E-state index >= 15 is 0 Å². The van der Waals surface area contributed by atoms with Crippen molar-refractivity contribution in [1.29, 1.82) is 0 Å². The first-order valence-corrected chi connectivity index (χ1v) is 12.1. The Hall–Kier alpha value is -3.12. The van der Waals surface area contributed by atoms with Gasteiger partial charge in [0.25, 0.3) is 0 Å². The van der Waals surface area contributed by atoms with Crippen LogP contribution in [0.25, 0.3) is 0 Å². The minimum atomic E-state index is -4.94. The number of ether oxygens (including phenoxy) is 1. The number of benzene rings is 1. The largest absolute Gasteiger partial charge is 0.496 e. The molecule has 0 spiro atoms. The molecule has 1 fully saturated rings. The molecule has 8 nitrogen and oxygen atoms in total. The van der Waals surface area contributed by atoms with Gasteiger partial charge in [0.2, 0.25) is 5.91 Å². The van der Waals surface area contributed by atoms with E-state index in [1.54, 1.807) is 6.92 Å². The number of amides is 1. The number of hydrogen-bond acceptors (Lipinski definition) is 7. The van der Waals surface area contributed by atoms with Crippen LogP contribution in [0.4, 0.5) is 17.6 Å². The summed E-state index contributed by atoms with van der Waals surface area (Å²) in [6, 6.07) is 3.64. The van der Waals surface area contributed by atoms with Gasteiger partial charge in [-0.25, -0.2) is 9.82 Å². The number of allylic oxidation sites excluding steroid dienone is 1. The van der Waals surface area contributed by atoms with Crippen LogP contribution >= 0.6 is 0 Å². The van der Waals surface area contributed by atoms with E-state index in [1.165, 1.54) is 50.6 Å². The van der Waals surface area contributed by atoms with Gasteiger partial charge in [-0.3, -0.25) is 14.8 Å². The number of rotatable bonds is 11. The molecular formula is C26H35F4N5O3. The number of β-amino-alcohol motifs (C(OH)–C–C–N with tert-alkyl or cyclic N) is 1. The SMILES string of the molecule is C=N/C=C(/C=N/NC(=O)C1CCN(CC(O)(CC(C)(C)c2cc(F)ccc2OC)C(F)(F)F)CC1)N=CC. The van der Waals surface area contributed by atoms with E-state index in [-0.39, 0.29) is 30.3 Å². The minimum Gasteiger partial charge on any atom is -0.496 e. The van der Waals surface area contributed by atoms with Gasteiger partial charge < -0.3 is 14.7 Å². The summed E-state index contributed by atoms with van der Waals surface area (Å²) in [6.07, 6.45) is -0.879. The van der Waals surface area contributed by atoms with Crippen LogP contribution in [-0.4, -0.2) is 73.6 Å². The van der Waals surface area contributed by atoms with Crippen molar-refractivity contribution in [2.45, 2.75) is 57.2 Å². The van der Waals surface area contributed by atoms with Crippen molar-refractivity contribution in [3.8, 4) is 5.75 Å². The number of carbonyl (C=O) groups is 1. The zero-order valence-corrected chi connectivity index (χ0v) is 22.1. The number of hydrogen-bond donors (Lipinski definition) is 2. The number of aliphatic imine (C=N–C) groups is 2. The molecule has 0 radical (unpaired) electrons. The van der Waals surface area contributed by atoms with Gasteiger partial charge in [0, 0.05) is 24.2 Å². The lowest BCUT2D eigenvalue weighted by molar-refractivity contribution is -0.272. The maximum Gasteiger partial charge on any atom is 0.418 e. The molecule has 0 saturated carbocycles. The number of nitrogens with zero attached hydrogens (tertiary/aromatic N) is 4. The lowest BCUT2D eigenvalue weighted by atomic mass is 9.74. The third kappa shape index (κ3) is 8.19. The lowest BCUT2D eigenvalue weighted by Crippen LogP contribution is -2.57. The third-order valence-corrected chi connectivity index (χ3v) is 6.47. The Morgan fingerprint density at radius 3 is 2.50 bits per heavy atom. The Balaban J connectivity index is 2.08. The third-order valence-electron chi connectivity index (χ3n) is 6.47. The molecule has 210 valence electrons. The van der Waals surface area contributed by atoms with E-state index in [0.717, 1.165) is 12.1 Å². The van der Waals surface area contributed by atoms with Crippen LogP contribution in [0.1, 0.15) is 45.6 Å². The molecule has 1 amide bonds. The Bertz CT molecular complexity index is 1060. The van der Waals surface area contributed by atoms with Crippen LogP contribution in [0.3, 0.4) is 0 Å². The molecule has 1 aliphatic rings. The Kier molecular flexibility index (Phi) is 10.7. The molecule has 1 aromatic carbocycles. The highest BCUT2D eigenvalue weighted by Crippen LogP contribution is 2.44. The number of aliphatic hydroxyl groups is 1. The first-order valence-electron chi connectivity index (χ1n) is 12.1. The number of alkyl halides is 3. The van der Waals surface area contributed by atoms with Crippen molar-refractivity contribution in [2.24, 2.45) is 21.0 Å². The van der Waals surface area contributed by atoms with E-state index in [1.807, 2.05) is 0 Å². The fourth-order valence-electron chi connectivity index (χ4n) is 4.60. The summed E-state index contributed by atoms with van der Waals surface area (Å²) in [5.74, 6) is -1.19. The van der Waals surface area contributed by atoms with Gasteiger partial charge in [-0.15, -0.1) is 0 Å². The summed E-state index contributed by atoms with van der Waals surface area (Å²) >= 11 is 0. The molecule has 2 rings (SSSR count). The Morgan fingerprint density at radius 2 is 1.95 bits per heavy atom. The molecule has 1 atom stereocenters. The van der Waals surface area contributed by atoms with E-state index in [4.69, 9.17) is 4.74 Å². The smallest absolute Gasteiger partial charge is 0.418 e. The second kappa shape index (κ2) is 13.1. The number of likely N-dealkylation sites (tertiary alicyclic amines) is 1. The van der Waals surface area contributed by atoms with Crippen molar-refractivity contribution < 1.29 is 32.2 Å². The molecule has 1 unspecified atom stereocenters. The maximum absolute atomic E-state index is 14.2. The van der Waals surface area contributed by atoms with E-state index in [9.17, 15) is 27.5 Å². The molecule has 0 bridgehead atoms. The summed E-state index contributed by atoms with van der Waals surface area (Å²) in [7, 11) is 1.35. The predicted molar refractivity (Wildman–Crippen MR) is 139 cm³/mol. The first-order chi connectivity index (χ1) is 17.8. The van der Waals surface area contributed by atoms with Gasteiger partial charge >= 0.3 is 6.18 Å². The van der Waals surface area contributed by atoms with Crippen LogP contribution in [0, 0.1) is 11.7 Å². The zero-order valence-electron chi connectivity index (χ0n) is 22.1. The highest BCUT2D eigenvalue weighted by Gasteiger charge is 2.57. The van der Waals surface area contributed by atoms with Gasteiger partial charge in [0.05, 0.1) is 19.5 Å². The van der Waals surface area contributed by atoms with Crippen molar-refractivity contribution in [3.05, 3.63) is 41.5 Å². The fraction of sp³-hybridized carbons (Fsp3) is 0.538. The molecule has 38 heavy (non-hydrogen) atoms. The van der Waals surface area contributed by atoms with Gasteiger partial charge in [-0.2, -0.15) is 18.3 Å². The molecule has 1 aliphatic heterocycles. The summed E-state index contributed by atoms with van der Waals surface area (Å²) in [5.41, 5.74) is -1.33. The molecule has 12 heteroatoms. The van der Waals surface area contributed by atoms with Gasteiger partial charge in [-0.1, -0.05) is 13.8 Å².